The molecule has 0 heterocycles. The fourth-order valence-corrected chi connectivity index (χ4v) is 4.62. The van der Waals surface area contributed by atoms with Gasteiger partial charge in [0.25, 0.3) is 20.2 Å². The predicted octanol–water partition coefficient (Wildman–Crippen LogP) is 1.23. The van der Waals surface area contributed by atoms with E-state index in [2.05, 4.69) is 0 Å². The maximum absolute atomic E-state index is 12.3. The first-order valence-corrected chi connectivity index (χ1v) is 9.22. The lowest BCUT2D eigenvalue weighted by Gasteiger charge is -2.20. The number of carbonyl (C=O) groups excluding carboxylic acids is 2. The molecule has 0 saturated heterocycles. The summed E-state index contributed by atoms with van der Waals surface area (Å²) in [5.41, 5.74) is -0.577. The largest absolute Gasteiger partial charge is 0.296 e. The summed E-state index contributed by atoms with van der Waals surface area (Å²) in [7, 11) is -10.3. The molecule has 24 heavy (non-hydrogen) atoms. The van der Waals surface area contributed by atoms with E-state index in [1.54, 1.807) is 0 Å². The molecule has 8 nitrogen and oxygen atoms in total. The SMILES string of the molecule is O=C1C(=O)c2c(ccc(S(=O)(=O)O)c2S(=O)(=O)O)-c2ccccc21. The van der Waals surface area contributed by atoms with Crippen molar-refractivity contribution in [3.05, 3.63) is 47.5 Å². The first-order valence-electron chi connectivity index (χ1n) is 6.34. The molecule has 0 saturated carbocycles. The van der Waals surface area contributed by atoms with Gasteiger partial charge in [-0.3, -0.25) is 18.7 Å². The molecule has 1 aliphatic rings. The minimum absolute atomic E-state index is 0.0240. The Morgan fingerprint density at radius 1 is 0.667 bits per heavy atom. The Balaban J connectivity index is 2.57. The molecule has 1 aliphatic carbocycles. The third kappa shape index (κ3) is 2.36. The zero-order valence-electron chi connectivity index (χ0n) is 11.6. The van der Waals surface area contributed by atoms with Crippen molar-refractivity contribution in [2.45, 2.75) is 9.79 Å². The van der Waals surface area contributed by atoms with Crippen LogP contribution in [0.3, 0.4) is 0 Å². The number of hydrogen-bond donors (Lipinski definition) is 2. The number of fused-ring (bicyclic) bond motifs is 3. The van der Waals surface area contributed by atoms with Crippen LogP contribution in [0.25, 0.3) is 11.1 Å². The molecule has 0 spiro atoms. The summed E-state index contributed by atoms with van der Waals surface area (Å²) >= 11 is 0. The summed E-state index contributed by atoms with van der Waals surface area (Å²) in [6.07, 6.45) is 0. The van der Waals surface area contributed by atoms with Crippen molar-refractivity contribution in [2.24, 2.45) is 0 Å². The van der Waals surface area contributed by atoms with Crippen molar-refractivity contribution in [3.63, 3.8) is 0 Å². The Labute approximate surface area is 136 Å². The molecule has 2 aromatic carbocycles. The van der Waals surface area contributed by atoms with Crippen LogP contribution in [-0.4, -0.2) is 37.5 Å². The van der Waals surface area contributed by atoms with Gasteiger partial charge in [0.15, 0.2) is 0 Å². The van der Waals surface area contributed by atoms with Gasteiger partial charge in [0.05, 0.1) is 5.56 Å². The highest BCUT2D eigenvalue weighted by atomic mass is 32.2. The average Bonchev–Trinajstić information content (AvgIpc) is 2.49. The second-order valence-electron chi connectivity index (χ2n) is 4.97. The second-order valence-corrected chi connectivity index (χ2v) is 7.72. The van der Waals surface area contributed by atoms with Gasteiger partial charge >= 0.3 is 0 Å². The summed E-state index contributed by atoms with van der Waals surface area (Å²) in [5, 5.41) is 0. The van der Waals surface area contributed by atoms with Gasteiger partial charge in [-0.15, -0.1) is 0 Å². The molecular weight excluding hydrogens is 360 g/mol. The third-order valence-electron chi connectivity index (χ3n) is 3.55. The monoisotopic (exact) mass is 368 g/mol. The van der Waals surface area contributed by atoms with E-state index in [4.69, 9.17) is 0 Å². The summed E-state index contributed by atoms with van der Waals surface area (Å²) in [5.74, 6) is -2.34. The molecule has 0 fully saturated rings. The van der Waals surface area contributed by atoms with Crippen LogP contribution in [0.15, 0.2) is 46.2 Å². The summed E-state index contributed by atoms with van der Waals surface area (Å²) in [4.78, 5) is 22.0. The van der Waals surface area contributed by atoms with Gasteiger partial charge in [0.2, 0.25) is 11.6 Å². The minimum Gasteiger partial charge on any atom is -0.285 e. The number of Topliss-reactive ketones (excluding diaryl/α,β-unsaturated/α-hetero) is 2. The van der Waals surface area contributed by atoms with Crippen molar-refractivity contribution in [2.75, 3.05) is 0 Å². The van der Waals surface area contributed by atoms with Crippen LogP contribution in [0.5, 0.6) is 0 Å². The Kier molecular flexibility index (Phi) is 3.46. The zero-order valence-corrected chi connectivity index (χ0v) is 13.3. The van der Waals surface area contributed by atoms with Crippen LogP contribution >= 0.6 is 0 Å². The highest BCUT2D eigenvalue weighted by Gasteiger charge is 2.38. The zero-order chi connectivity index (χ0) is 17.9. The van der Waals surface area contributed by atoms with Crippen molar-refractivity contribution < 1.29 is 35.5 Å². The van der Waals surface area contributed by atoms with Crippen molar-refractivity contribution in [1.29, 1.82) is 0 Å². The van der Waals surface area contributed by atoms with Gasteiger partial charge in [-0.2, -0.15) is 16.8 Å². The molecule has 0 atom stereocenters. The molecule has 2 N–H and O–H groups in total. The molecular formula is C14H8O8S2. The van der Waals surface area contributed by atoms with Crippen molar-refractivity contribution >= 4 is 31.8 Å². The van der Waals surface area contributed by atoms with E-state index in [1.165, 1.54) is 24.3 Å². The highest BCUT2D eigenvalue weighted by molar-refractivity contribution is 7.89. The number of benzene rings is 2. The van der Waals surface area contributed by atoms with E-state index in [0.29, 0.717) is 0 Å². The van der Waals surface area contributed by atoms with Crippen LogP contribution in [0, 0.1) is 0 Å². The lowest BCUT2D eigenvalue weighted by molar-refractivity contribution is 0.0813. The standard InChI is InChI=1S/C14H8O8S2/c15-12-9-4-2-1-3-7(9)8-5-6-10(23(17,18)19)14(24(20,21)22)11(8)13(12)16/h1-6H,(H,17,18,19)(H,20,21,22). The molecule has 10 heteroatoms. The van der Waals surface area contributed by atoms with Crippen molar-refractivity contribution in [3.8, 4) is 11.1 Å². The second kappa shape index (κ2) is 5.05. The van der Waals surface area contributed by atoms with E-state index in [-0.39, 0.29) is 16.7 Å². The molecule has 0 aliphatic heterocycles. The summed E-state index contributed by atoms with van der Waals surface area (Å²) in [6.45, 7) is 0. The number of rotatable bonds is 2. The van der Waals surface area contributed by atoms with Gasteiger partial charge in [-0.05, 0) is 17.2 Å². The normalized spacial score (nSPS) is 14.2. The first-order chi connectivity index (χ1) is 11.0. The van der Waals surface area contributed by atoms with Gasteiger partial charge < -0.3 is 0 Å². The summed E-state index contributed by atoms with van der Waals surface area (Å²) in [6, 6.07) is 7.69. The Morgan fingerprint density at radius 2 is 1.25 bits per heavy atom. The Bertz CT molecular complexity index is 1130. The topological polar surface area (TPSA) is 143 Å². The fraction of sp³-hybridized carbons (Fsp3) is 0. The van der Waals surface area contributed by atoms with Gasteiger partial charge in [-0.25, -0.2) is 0 Å². The van der Waals surface area contributed by atoms with Gasteiger partial charge in [-0.1, -0.05) is 30.3 Å². The van der Waals surface area contributed by atoms with Crippen LogP contribution in [-0.2, 0) is 20.2 Å². The lowest BCUT2D eigenvalue weighted by Crippen LogP contribution is -2.25. The molecule has 0 aromatic heterocycles. The molecule has 0 amide bonds. The van der Waals surface area contributed by atoms with E-state index < -0.39 is 47.2 Å². The van der Waals surface area contributed by atoms with Crippen LogP contribution in [0.1, 0.15) is 20.7 Å². The van der Waals surface area contributed by atoms with Crippen LogP contribution < -0.4 is 0 Å². The molecule has 0 radical (unpaired) electrons. The maximum Gasteiger partial charge on any atom is 0.296 e. The first kappa shape index (κ1) is 16.5. The van der Waals surface area contributed by atoms with E-state index >= 15 is 0 Å². The van der Waals surface area contributed by atoms with Crippen LogP contribution in [0.4, 0.5) is 0 Å². The number of carbonyl (C=O) groups is 2. The number of hydrogen-bond acceptors (Lipinski definition) is 6. The fourth-order valence-electron chi connectivity index (χ4n) is 2.62. The maximum atomic E-state index is 12.3. The van der Waals surface area contributed by atoms with Crippen LogP contribution in [0.2, 0.25) is 0 Å². The third-order valence-corrected chi connectivity index (χ3v) is 5.52. The quantitative estimate of drug-likeness (QED) is 0.595. The van der Waals surface area contributed by atoms with Gasteiger partial charge in [0, 0.05) is 5.56 Å². The Morgan fingerprint density at radius 3 is 1.79 bits per heavy atom. The predicted molar refractivity (Wildman–Crippen MR) is 80.2 cm³/mol. The molecule has 3 rings (SSSR count). The lowest BCUT2D eigenvalue weighted by atomic mass is 9.84. The van der Waals surface area contributed by atoms with Crippen molar-refractivity contribution in [1.82, 2.24) is 0 Å². The number of ketones is 2. The molecule has 0 unspecified atom stereocenters. The van der Waals surface area contributed by atoms with E-state index in [1.807, 2.05) is 0 Å². The van der Waals surface area contributed by atoms with E-state index in [9.17, 15) is 35.5 Å². The summed E-state index contributed by atoms with van der Waals surface area (Å²) < 4.78 is 64.7. The molecule has 0 bridgehead atoms. The minimum atomic E-state index is -5.23. The van der Waals surface area contributed by atoms with Gasteiger partial charge in [0.1, 0.15) is 9.79 Å². The smallest absolute Gasteiger partial charge is 0.285 e. The van der Waals surface area contributed by atoms with E-state index in [0.717, 1.165) is 12.1 Å². The Hall–Kier alpha value is -2.40. The molecule has 2 aromatic rings. The average molecular weight is 368 g/mol. The highest BCUT2D eigenvalue weighted by Crippen LogP contribution is 2.39. The molecule has 124 valence electrons.